The lowest BCUT2D eigenvalue weighted by Crippen LogP contribution is -2.37. The maximum absolute atomic E-state index is 14.1. The molecule has 11 nitrogen and oxygen atoms in total. The summed E-state index contributed by atoms with van der Waals surface area (Å²) in [7, 11) is 0. The molecular weight excluding hydrogens is 423 g/mol. The van der Waals surface area contributed by atoms with Crippen molar-refractivity contribution < 1.29 is 19.1 Å². The Kier molecular flexibility index (Phi) is 5.10. The molecule has 4 rings (SSSR count). The van der Waals surface area contributed by atoms with Crippen LogP contribution in [0.1, 0.15) is 32.1 Å². The molecule has 162 valence electrons. The van der Waals surface area contributed by atoms with Gasteiger partial charge in [0.15, 0.2) is 5.65 Å². The molecule has 0 bridgehead atoms. The molecule has 0 saturated heterocycles. The molecule has 0 atom stereocenters. The second kappa shape index (κ2) is 7.91. The summed E-state index contributed by atoms with van der Waals surface area (Å²) in [6, 6.07) is 5.26. The van der Waals surface area contributed by atoms with Crippen LogP contribution in [-0.2, 0) is 13.1 Å². The van der Waals surface area contributed by atoms with Crippen molar-refractivity contribution in [1.82, 2.24) is 19.7 Å². The summed E-state index contributed by atoms with van der Waals surface area (Å²) in [6.07, 6.45) is 2.60. The second-order valence-corrected chi connectivity index (χ2v) is 6.86. The van der Waals surface area contributed by atoms with Crippen LogP contribution >= 0.6 is 0 Å². The van der Waals surface area contributed by atoms with Crippen LogP contribution in [0.3, 0.4) is 0 Å². The topological polar surface area (TPSA) is 169 Å². The number of benzene rings is 1. The van der Waals surface area contributed by atoms with Crippen molar-refractivity contribution in [2.24, 2.45) is 0 Å². The van der Waals surface area contributed by atoms with Crippen LogP contribution in [0.15, 0.2) is 46.4 Å². The fraction of sp³-hybridized carbons (Fsp3) is 0.100. The highest BCUT2D eigenvalue weighted by Gasteiger charge is 2.18. The van der Waals surface area contributed by atoms with E-state index in [4.69, 9.17) is 5.73 Å². The van der Waals surface area contributed by atoms with Gasteiger partial charge in [0.25, 0.3) is 16.8 Å². The Morgan fingerprint density at radius 1 is 1.16 bits per heavy atom. The highest BCUT2D eigenvalue weighted by molar-refractivity contribution is 5.96. The number of carbonyl (C=O) groups is 2. The normalized spacial score (nSPS) is 11.0. The van der Waals surface area contributed by atoms with Crippen LogP contribution in [0.4, 0.5) is 15.8 Å². The zero-order valence-electron chi connectivity index (χ0n) is 16.3. The van der Waals surface area contributed by atoms with Gasteiger partial charge in [0, 0.05) is 24.7 Å². The van der Waals surface area contributed by atoms with E-state index in [-0.39, 0.29) is 47.1 Å². The number of carbonyl (C=O) groups excluding carboxylic acids is 1. The number of amides is 1. The lowest BCUT2D eigenvalue weighted by atomic mass is 10.1. The summed E-state index contributed by atoms with van der Waals surface area (Å²) in [5.41, 5.74) is 4.30. The summed E-state index contributed by atoms with van der Waals surface area (Å²) < 4.78 is 15.4. The van der Waals surface area contributed by atoms with E-state index in [0.29, 0.717) is 5.56 Å². The molecule has 0 aliphatic heterocycles. The number of halogens is 1. The number of imidazole rings is 1. The second-order valence-electron chi connectivity index (χ2n) is 6.86. The predicted molar refractivity (Wildman–Crippen MR) is 111 cm³/mol. The summed E-state index contributed by atoms with van der Waals surface area (Å²) >= 11 is 0. The number of aromatic nitrogens is 3. The summed E-state index contributed by atoms with van der Waals surface area (Å²) in [4.78, 5) is 54.4. The molecule has 12 heteroatoms. The minimum absolute atomic E-state index is 0.00287. The Hall–Kier alpha value is -4.61. The van der Waals surface area contributed by atoms with Crippen molar-refractivity contribution in [2.45, 2.75) is 13.1 Å². The van der Waals surface area contributed by atoms with Gasteiger partial charge in [0.2, 0.25) is 0 Å². The van der Waals surface area contributed by atoms with E-state index in [1.54, 1.807) is 0 Å². The van der Waals surface area contributed by atoms with Gasteiger partial charge in [0.05, 0.1) is 6.20 Å². The zero-order chi connectivity index (χ0) is 23.0. The zero-order valence-corrected chi connectivity index (χ0v) is 16.3. The molecule has 5 N–H and O–H groups in total. The maximum Gasteiger partial charge on any atom is 0.353 e. The third kappa shape index (κ3) is 3.64. The maximum atomic E-state index is 14.1. The average molecular weight is 438 g/mol. The van der Waals surface area contributed by atoms with Crippen molar-refractivity contribution in [2.75, 3.05) is 11.1 Å². The first-order valence-electron chi connectivity index (χ1n) is 9.21. The Morgan fingerprint density at radius 2 is 1.94 bits per heavy atom. The van der Waals surface area contributed by atoms with Gasteiger partial charge in [0.1, 0.15) is 34.9 Å². The van der Waals surface area contributed by atoms with Gasteiger partial charge in [-0.1, -0.05) is 6.07 Å². The number of carboxylic acids is 1. The summed E-state index contributed by atoms with van der Waals surface area (Å²) in [6.45, 7) is -0.0903. The SMILES string of the molecule is Nc1c(NCc2cc(CNC(=O)c3cc(C(=O)O)n4cncc4n3)ccc2F)c(=O)c1=O. The third-order valence-corrected chi connectivity index (χ3v) is 4.80. The minimum Gasteiger partial charge on any atom is -0.477 e. The van der Waals surface area contributed by atoms with Crippen molar-refractivity contribution >= 4 is 28.9 Å². The number of nitrogens with one attached hydrogen (secondary N) is 2. The highest BCUT2D eigenvalue weighted by atomic mass is 19.1. The molecule has 2 aromatic carbocycles. The fourth-order valence-corrected chi connectivity index (χ4v) is 3.11. The van der Waals surface area contributed by atoms with Crippen molar-refractivity contribution in [3.63, 3.8) is 0 Å². The van der Waals surface area contributed by atoms with Crippen LogP contribution in [0.5, 0.6) is 0 Å². The Labute approximate surface area is 178 Å². The lowest BCUT2D eigenvalue weighted by Gasteiger charge is -2.12. The molecule has 0 unspecified atom stereocenters. The molecule has 0 aliphatic rings. The number of nitrogens with two attached hydrogens (primary N) is 1. The van der Waals surface area contributed by atoms with Crippen LogP contribution in [0, 0.1) is 5.82 Å². The van der Waals surface area contributed by atoms with E-state index in [2.05, 4.69) is 20.6 Å². The van der Waals surface area contributed by atoms with E-state index in [0.717, 1.165) is 6.07 Å². The van der Waals surface area contributed by atoms with E-state index >= 15 is 0 Å². The standard InChI is InChI=1S/C20H15FN6O5/c21-11-2-1-9(3-10(11)6-24-16-15(22)17(28)18(16)29)5-25-19(30)12-4-13(20(31)32)27-8-23-7-14(27)26-12/h1-4,7-8,24H,5-6,22H2,(H,25,30)(H,31,32). The van der Waals surface area contributed by atoms with E-state index < -0.39 is 28.6 Å². The first-order chi connectivity index (χ1) is 15.3. The minimum atomic E-state index is -1.25. The summed E-state index contributed by atoms with van der Waals surface area (Å²) in [5, 5.41) is 14.6. The van der Waals surface area contributed by atoms with Gasteiger partial charge < -0.3 is 21.5 Å². The van der Waals surface area contributed by atoms with E-state index in [1.165, 1.54) is 35.1 Å². The lowest BCUT2D eigenvalue weighted by molar-refractivity contribution is 0.0688. The molecule has 2 aromatic heterocycles. The van der Waals surface area contributed by atoms with Crippen LogP contribution < -0.4 is 27.2 Å². The van der Waals surface area contributed by atoms with Gasteiger partial charge >= 0.3 is 5.97 Å². The molecule has 0 fully saturated rings. The number of anilines is 2. The Morgan fingerprint density at radius 3 is 2.66 bits per heavy atom. The molecule has 32 heavy (non-hydrogen) atoms. The predicted octanol–water partition coefficient (Wildman–Crippen LogP) is 0.287. The molecule has 2 heterocycles. The molecule has 0 saturated carbocycles. The number of carboxylic acid groups (broad SMARTS) is 1. The monoisotopic (exact) mass is 438 g/mol. The van der Waals surface area contributed by atoms with Crippen molar-refractivity contribution in [3.05, 3.63) is 85.6 Å². The van der Waals surface area contributed by atoms with Crippen molar-refractivity contribution in [1.29, 1.82) is 0 Å². The molecule has 0 aliphatic carbocycles. The number of rotatable bonds is 7. The first-order valence-corrected chi connectivity index (χ1v) is 9.21. The number of nitrogens with zero attached hydrogens (tertiary/aromatic N) is 3. The molecule has 1 amide bonds. The number of aromatic carboxylic acids is 1. The van der Waals surface area contributed by atoms with Gasteiger partial charge in [-0.3, -0.25) is 18.8 Å². The number of hydrogen-bond donors (Lipinski definition) is 4. The van der Waals surface area contributed by atoms with Gasteiger partial charge in [-0.25, -0.2) is 19.2 Å². The quantitative estimate of drug-likeness (QED) is 0.296. The highest BCUT2D eigenvalue weighted by Crippen LogP contribution is 2.15. The third-order valence-electron chi connectivity index (χ3n) is 4.80. The number of hydrogen-bond acceptors (Lipinski definition) is 8. The first kappa shape index (κ1) is 20.7. The van der Waals surface area contributed by atoms with Crippen LogP contribution in [-0.4, -0.2) is 31.4 Å². The molecular formula is C20H15FN6O5. The Bertz CT molecular complexity index is 1450. The van der Waals surface area contributed by atoms with Gasteiger partial charge in [-0.15, -0.1) is 0 Å². The van der Waals surface area contributed by atoms with E-state index in [9.17, 15) is 28.7 Å². The number of nitrogen functional groups attached to an aromatic ring is 1. The van der Waals surface area contributed by atoms with Crippen LogP contribution in [0.2, 0.25) is 0 Å². The largest absolute Gasteiger partial charge is 0.477 e. The molecule has 0 spiro atoms. The van der Waals surface area contributed by atoms with Crippen molar-refractivity contribution in [3.8, 4) is 0 Å². The number of fused-ring (bicyclic) bond motifs is 1. The Balaban J connectivity index is 1.47. The molecule has 0 radical (unpaired) electrons. The smallest absolute Gasteiger partial charge is 0.353 e. The average Bonchev–Trinajstić information content (AvgIpc) is 3.26. The molecule has 4 aromatic rings. The van der Waals surface area contributed by atoms with Crippen LogP contribution in [0.25, 0.3) is 5.65 Å². The van der Waals surface area contributed by atoms with E-state index in [1.807, 2.05) is 0 Å². The van der Waals surface area contributed by atoms with Gasteiger partial charge in [-0.2, -0.15) is 0 Å². The fourth-order valence-electron chi connectivity index (χ4n) is 3.11. The van der Waals surface area contributed by atoms with Gasteiger partial charge in [-0.05, 0) is 17.7 Å². The summed E-state index contributed by atoms with van der Waals surface area (Å²) in [5.74, 6) is -2.43.